The highest BCUT2D eigenvalue weighted by Gasteiger charge is 2.54. The maximum atomic E-state index is 12.3. The van der Waals surface area contributed by atoms with E-state index in [1.165, 1.54) is 19.4 Å². The number of carbonyl (C=O) groups is 1. The molecule has 0 N–H and O–H groups in total. The quantitative estimate of drug-likeness (QED) is 0.703. The fraction of sp³-hybridized carbons (Fsp3) is 0.929. The zero-order valence-corrected chi connectivity index (χ0v) is 11.7. The zero-order chi connectivity index (χ0) is 12.6. The number of hydrogen-bond acceptors (Lipinski definition) is 2. The third kappa shape index (κ3) is 2.10. The highest BCUT2D eigenvalue weighted by molar-refractivity contribution is 5.89. The van der Waals surface area contributed by atoms with Gasteiger partial charge in [0.1, 0.15) is 0 Å². The average molecular weight is 238 g/mol. The van der Waals surface area contributed by atoms with Crippen LogP contribution in [0, 0.1) is 5.41 Å². The van der Waals surface area contributed by atoms with E-state index >= 15 is 0 Å². The van der Waals surface area contributed by atoms with Gasteiger partial charge in [0, 0.05) is 25.2 Å². The van der Waals surface area contributed by atoms with E-state index in [1.54, 1.807) is 0 Å². The lowest BCUT2D eigenvalue weighted by Gasteiger charge is -2.55. The summed E-state index contributed by atoms with van der Waals surface area (Å²) in [5, 5.41) is 0. The molecule has 3 nitrogen and oxygen atoms in total. The lowest BCUT2D eigenvalue weighted by atomic mass is 9.71. The van der Waals surface area contributed by atoms with Crippen LogP contribution in [0.3, 0.4) is 0 Å². The number of β-lactam (4-membered cyclic amide) rings is 1. The van der Waals surface area contributed by atoms with Gasteiger partial charge in [-0.3, -0.25) is 9.69 Å². The molecule has 2 aliphatic rings. The first-order valence-corrected chi connectivity index (χ1v) is 7.05. The van der Waals surface area contributed by atoms with Crippen molar-refractivity contribution in [1.29, 1.82) is 0 Å². The van der Waals surface area contributed by atoms with Crippen LogP contribution in [0.1, 0.15) is 47.0 Å². The molecule has 0 radical (unpaired) electrons. The highest BCUT2D eigenvalue weighted by atomic mass is 16.2. The molecule has 3 heteroatoms. The summed E-state index contributed by atoms with van der Waals surface area (Å²) in [7, 11) is 0. The van der Waals surface area contributed by atoms with Crippen LogP contribution in [0.25, 0.3) is 0 Å². The molecule has 0 aromatic heterocycles. The first kappa shape index (κ1) is 12.9. The average Bonchev–Trinajstić information content (AvgIpc) is 2.34. The van der Waals surface area contributed by atoms with E-state index in [0.717, 1.165) is 19.5 Å². The van der Waals surface area contributed by atoms with Crippen LogP contribution in [0.4, 0.5) is 0 Å². The maximum Gasteiger partial charge on any atom is 0.232 e. The number of hydrogen-bond donors (Lipinski definition) is 0. The first-order chi connectivity index (χ1) is 8.00. The summed E-state index contributed by atoms with van der Waals surface area (Å²) in [5.74, 6) is 0.403. The van der Waals surface area contributed by atoms with Crippen molar-refractivity contribution in [2.45, 2.75) is 59.0 Å². The smallest absolute Gasteiger partial charge is 0.232 e. The van der Waals surface area contributed by atoms with Gasteiger partial charge in [-0.2, -0.15) is 0 Å². The van der Waals surface area contributed by atoms with Crippen molar-refractivity contribution in [2.75, 3.05) is 19.6 Å². The van der Waals surface area contributed by atoms with E-state index in [-0.39, 0.29) is 5.41 Å². The Balaban J connectivity index is 2.01. The summed E-state index contributed by atoms with van der Waals surface area (Å²) in [6.45, 7) is 11.9. The molecule has 0 bridgehead atoms. The molecule has 2 heterocycles. The van der Waals surface area contributed by atoms with Crippen LogP contribution in [0.2, 0.25) is 0 Å². The molecule has 0 saturated carbocycles. The van der Waals surface area contributed by atoms with E-state index in [0.29, 0.717) is 18.0 Å². The Morgan fingerprint density at radius 1 is 1.29 bits per heavy atom. The Morgan fingerprint density at radius 2 is 2.00 bits per heavy atom. The van der Waals surface area contributed by atoms with Crippen molar-refractivity contribution < 1.29 is 4.79 Å². The molecular formula is C14H26N2O. The predicted molar refractivity (Wildman–Crippen MR) is 69.8 cm³/mol. The largest absolute Gasteiger partial charge is 0.339 e. The van der Waals surface area contributed by atoms with E-state index in [9.17, 15) is 4.79 Å². The molecule has 0 aromatic rings. The molecule has 1 spiro atoms. The topological polar surface area (TPSA) is 23.6 Å². The Bertz CT molecular complexity index is 303. The van der Waals surface area contributed by atoms with Crippen LogP contribution in [0.5, 0.6) is 0 Å². The lowest BCUT2D eigenvalue weighted by molar-refractivity contribution is -0.170. The summed E-state index contributed by atoms with van der Waals surface area (Å²) >= 11 is 0. The SMILES string of the molecule is CC[C@H](C)N1CCC[C@]2(CN(C(C)C)C2=O)C1. The van der Waals surface area contributed by atoms with E-state index in [4.69, 9.17) is 0 Å². The fourth-order valence-corrected chi connectivity index (χ4v) is 3.20. The van der Waals surface area contributed by atoms with Crippen LogP contribution in [-0.4, -0.2) is 47.4 Å². The number of rotatable bonds is 3. The summed E-state index contributed by atoms with van der Waals surface area (Å²) in [4.78, 5) is 16.9. The van der Waals surface area contributed by atoms with Crippen molar-refractivity contribution in [2.24, 2.45) is 5.41 Å². The molecule has 17 heavy (non-hydrogen) atoms. The summed E-state index contributed by atoms with van der Waals surface area (Å²) in [6.07, 6.45) is 3.46. The normalized spacial score (nSPS) is 32.1. The van der Waals surface area contributed by atoms with E-state index < -0.39 is 0 Å². The Labute approximate surface area is 105 Å². The Hall–Kier alpha value is -0.570. The van der Waals surface area contributed by atoms with E-state index in [1.807, 2.05) is 4.90 Å². The molecule has 98 valence electrons. The van der Waals surface area contributed by atoms with Gasteiger partial charge < -0.3 is 4.90 Å². The van der Waals surface area contributed by atoms with Crippen LogP contribution in [-0.2, 0) is 4.79 Å². The predicted octanol–water partition coefficient (Wildman–Crippen LogP) is 2.12. The number of carbonyl (C=O) groups excluding carboxylic acids is 1. The van der Waals surface area contributed by atoms with Crippen LogP contribution < -0.4 is 0 Å². The van der Waals surface area contributed by atoms with E-state index in [2.05, 4.69) is 32.6 Å². The third-order valence-corrected chi connectivity index (χ3v) is 4.63. The van der Waals surface area contributed by atoms with Gasteiger partial charge in [0.25, 0.3) is 0 Å². The summed E-state index contributed by atoms with van der Waals surface area (Å²) in [5.41, 5.74) is -0.0219. The zero-order valence-electron chi connectivity index (χ0n) is 11.7. The van der Waals surface area contributed by atoms with Crippen molar-refractivity contribution in [3.05, 3.63) is 0 Å². The molecule has 2 atom stereocenters. The fourth-order valence-electron chi connectivity index (χ4n) is 3.20. The molecule has 2 rings (SSSR count). The van der Waals surface area contributed by atoms with Crippen LogP contribution in [0.15, 0.2) is 0 Å². The van der Waals surface area contributed by atoms with Gasteiger partial charge in [0.15, 0.2) is 0 Å². The number of likely N-dealkylation sites (tertiary alicyclic amines) is 2. The molecule has 2 fully saturated rings. The molecule has 2 aliphatic heterocycles. The minimum Gasteiger partial charge on any atom is -0.339 e. The second-order valence-electron chi connectivity index (χ2n) is 6.14. The summed E-state index contributed by atoms with van der Waals surface area (Å²) < 4.78 is 0. The van der Waals surface area contributed by atoms with Crippen molar-refractivity contribution >= 4 is 5.91 Å². The molecule has 0 unspecified atom stereocenters. The molecule has 0 aromatic carbocycles. The Kier molecular flexibility index (Phi) is 3.48. The number of nitrogens with zero attached hydrogens (tertiary/aromatic N) is 2. The number of amides is 1. The summed E-state index contributed by atoms with van der Waals surface area (Å²) in [6, 6.07) is 0.986. The van der Waals surface area contributed by atoms with Gasteiger partial charge in [0.05, 0.1) is 5.41 Å². The third-order valence-electron chi connectivity index (χ3n) is 4.63. The van der Waals surface area contributed by atoms with Gasteiger partial charge in [-0.1, -0.05) is 6.92 Å². The minimum atomic E-state index is -0.0219. The maximum absolute atomic E-state index is 12.3. The number of piperidine rings is 1. The second-order valence-corrected chi connectivity index (χ2v) is 6.14. The molecule has 2 saturated heterocycles. The molecular weight excluding hydrogens is 212 g/mol. The van der Waals surface area contributed by atoms with Crippen molar-refractivity contribution in [3.63, 3.8) is 0 Å². The second kappa shape index (κ2) is 4.60. The molecule has 0 aliphatic carbocycles. The minimum absolute atomic E-state index is 0.0219. The first-order valence-electron chi connectivity index (χ1n) is 7.05. The van der Waals surface area contributed by atoms with Gasteiger partial charge in [-0.25, -0.2) is 0 Å². The van der Waals surface area contributed by atoms with Gasteiger partial charge >= 0.3 is 0 Å². The van der Waals surface area contributed by atoms with Gasteiger partial charge in [-0.15, -0.1) is 0 Å². The van der Waals surface area contributed by atoms with Gasteiger partial charge in [-0.05, 0) is 46.6 Å². The van der Waals surface area contributed by atoms with Gasteiger partial charge in [0.2, 0.25) is 5.91 Å². The standard InChI is InChI=1S/C14H26N2O/c1-5-12(4)15-8-6-7-14(9-15)10-16(11(2)3)13(14)17/h11-12H,5-10H2,1-4H3/t12-,14+/m0/s1. The monoisotopic (exact) mass is 238 g/mol. The Morgan fingerprint density at radius 3 is 2.53 bits per heavy atom. The lowest BCUT2D eigenvalue weighted by Crippen LogP contribution is -2.69. The van der Waals surface area contributed by atoms with Crippen LogP contribution >= 0.6 is 0 Å². The highest BCUT2D eigenvalue weighted by Crippen LogP contribution is 2.41. The van der Waals surface area contributed by atoms with Crippen molar-refractivity contribution in [3.8, 4) is 0 Å². The van der Waals surface area contributed by atoms with Crippen molar-refractivity contribution in [1.82, 2.24) is 9.80 Å². The molecule has 1 amide bonds.